The van der Waals surface area contributed by atoms with Crippen molar-refractivity contribution in [3.8, 4) is 6.07 Å². The maximum Gasteiger partial charge on any atom is 0.0991 e. The van der Waals surface area contributed by atoms with Gasteiger partial charge in [0.1, 0.15) is 0 Å². The van der Waals surface area contributed by atoms with E-state index in [4.69, 9.17) is 5.26 Å². The molecule has 1 nitrogen and oxygen atoms in total. The molecule has 0 bridgehead atoms. The minimum absolute atomic E-state index is 0.640. The van der Waals surface area contributed by atoms with Gasteiger partial charge in [-0.15, -0.1) is 0 Å². The second kappa shape index (κ2) is 5.00. The highest BCUT2D eigenvalue weighted by atomic mass is 14.4. The van der Waals surface area contributed by atoms with E-state index in [0.29, 0.717) is 11.8 Å². The van der Waals surface area contributed by atoms with Gasteiger partial charge >= 0.3 is 0 Å². The van der Waals surface area contributed by atoms with Crippen molar-refractivity contribution in [1.82, 2.24) is 0 Å². The molecule has 1 fully saturated rings. The van der Waals surface area contributed by atoms with Crippen LogP contribution in [0.2, 0.25) is 0 Å². The van der Waals surface area contributed by atoms with Crippen LogP contribution in [0.3, 0.4) is 0 Å². The number of hydrogen-bond donors (Lipinski definition) is 0. The number of hydrogen-bond acceptors (Lipinski definition) is 1. The minimum Gasteiger partial charge on any atom is -0.192 e. The lowest BCUT2D eigenvalue weighted by atomic mass is 9.96. The second-order valence-electron chi connectivity index (χ2n) is 6.24. The predicted molar refractivity (Wildman–Crippen MR) is 89.9 cm³/mol. The fourth-order valence-corrected chi connectivity index (χ4v) is 3.49. The molecule has 0 amide bonds. The van der Waals surface area contributed by atoms with Crippen LogP contribution in [0.5, 0.6) is 0 Å². The number of fused-ring (bicyclic) bond motifs is 1. The fourth-order valence-electron chi connectivity index (χ4n) is 3.49. The highest BCUT2D eigenvalue weighted by molar-refractivity contribution is 5.87. The van der Waals surface area contributed by atoms with Crippen LogP contribution in [0.15, 0.2) is 60.7 Å². The third-order valence-electron chi connectivity index (χ3n) is 4.76. The van der Waals surface area contributed by atoms with Gasteiger partial charge in [0.2, 0.25) is 0 Å². The Morgan fingerprint density at radius 2 is 1.68 bits per heavy atom. The molecule has 3 aromatic rings. The van der Waals surface area contributed by atoms with E-state index in [1.165, 1.54) is 33.9 Å². The first-order chi connectivity index (χ1) is 10.8. The van der Waals surface area contributed by atoms with Crippen molar-refractivity contribution in [2.75, 3.05) is 0 Å². The van der Waals surface area contributed by atoms with Gasteiger partial charge in [-0.25, -0.2) is 0 Å². The molecule has 2 atom stereocenters. The summed E-state index contributed by atoms with van der Waals surface area (Å²) in [6, 6.07) is 23.6. The van der Waals surface area contributed by atoms with Crippen molar-refractivity contribution in [2.24, 2.45) is 0 Å². The molecule has 0 N–H and O–H groups in total. The molecule has 106 valence electrons. The summed E-state index contributed by atoms with van der Waals surface area (Å²) in [7, 11) is 0. The molecule has 0 heterocycles. The highest BCUT2D eigenvalue weighted by Crippen LogP contribution is 2.55. The largest absolute Gasteiger partial charge is 0.192 e. The van der Waals surface area contributed by atoms with Crippen LogP contribution in [-0.4, -0.2) is 0 Å². The van der Waals surface area contributed by atoms with Crippen molar-refractivity contribution in [2.45, 2.75) is 25.2 Å². The summed E-state index contributed by atoms with van der Waals surface area (Å²) in [5.74, 6) is 1.30. The summed E-state index contributed by atoms with van der Waals surface area (Å²) in [6.07, 6.45) is 1.24. The zero-order valence-corrected chi connectivity index (χ0v) is 12.6. The quantitative estimate of drug-likeness (QED) is 0.626. The first-order valence-corrected chi connectivity index (χ1v) is 7.75. The molecule has 0 aromatic heterocycles. The molecule has 3 aromatic carbocycles. The molecule has 1 heteroatoms. The first kappa shape index (κ1) is 13.1. The van der Waals surface area contributed by atoms with Gasteiger partial charge in [-0.1, -0.05) is 48.5 Å². The van der Waals surface area contributed by atoms with Crippen molar-refractivity contribution >= 4 is 10.8 Å². The Balaban J connectivity index is 1.71. The van der Waals surface area contributed by atoms with E-state index in [2.05, 4.69) is 61.5 Å². The van der Waals surface area contributed by atoms with Crippen LogP contribution < -0.4 is 0 Å². The van der Waals surface area contributed by atoms with Gasteiger partial charge in [-0.2, -0.15) is 5.26 Å². The number of nitrogens with zero attached hydrogens (tertiary/aromatic N) is 1. The SMILES string of the molecule is Cc1cc(C2CC2c2ccccc2)cc2ccc(C#N)cc12. The Labute approximate surface area is 130 Å². The lowest BCUT2D eigenvalue weighted by Crippen LogP contribution is -1.88. The predicted octanol–water partition coefficient (Wildman–Crippen LogP) is 5.29. The summed E-state index contributed by atoms with van der Waals surface area (Å²) in [6.45, 7) is 2.15. The van der Waals surface area contributed by atoms with Crippen LogP contribution >= 0.6 is 0 Å². The van der Waals surface area contributed by atoms with E-state index in [-0.39, 0.29) is 0 Å². The van der Waals surface area contributed by atoms with Gasteiger partial charge in [-0.05, 0) is 64.8 Å². The third kappa shape index (κ3) is 2.18. The van der Waals surface area contributed by atoms with E-state index < -0.39 is 0 Å². The molecule has 0 radical (unpaired) electrons. The van der Waals surface area contributed by atoms with Gasteiger partial charge < -0.3 is 0 Å². The number of rotatable bonds is 2. The van der Waals surface area contributed by atoms with Gasteiger partial charge in [0.25, 0.3) is 0 Å². The van der Waals surface area contributed by atoms with E-state index in [9.17, 15) is 0 Å². The lowest BCUT2D eigenvalue weighted by Gasteiger charge is -2.08. The Morgan fingerprint density at radius 1 is 0.909 bits per heavy atom. The fraction of sp³-hybridized carbons (Fsp3) is 0.190. The van der Waals surface area contributed by atoms with Gasteiger partial charge in [0.15, 0.2) is 0 Å². The zero-order chi connectivity index (χ0) is 15.1. The topological polar surface area (TPSA) is 23.8 Å². The summed E-state index contributed by atoms with van der Waals surface area (Å²) < 4.78 is 0. The zero-order valence-electron chi connectivity index (χ0n) is 12.6. The van der Waals surface area contributed by atoms with E-state index in [0.717, 1.165) is 5.56 Å². The Kier molecular flexibility index (Phi) is 2.98. The average molecular weight is 283 g/mol. The van der Waals surface area contributed by atoms with Crippen molar-refractivity contribution in [3.05, 3.63) is 82.9 Å². The highest BCUT2D eigenvalue weighted by Gasteiger charge is 2.39. The number of nitriles is 1. The minimum atomic E-state index is 0.640. The van der Waals surface area contributed by atoms with Crippen LogP contribution in [0.1, 0.15) is 40.5 Å². The normalized spacial score (nSPS) is 19.8. The van der Waals surface area contributed by atoms with Crippen molar-refractivity contribution < 1.29 is 0 Å². The monoisotopic (exact) mass is 283 g/mol. The standard InChI is InChI=1S/C21H17N/c1-14-9-18(11-17-8-7-15(13-22)10-19(14)17)21-12-20(21)16-5-3-2-4-6-16/h2-11,20-21H,12H2,1H3. The molecular weight excluding hydrogens is 266 g/mol. The molecule has 0 saturated heterocycles. The summed E-state index contributed by atoms with van der Waals surface area (Å²) in [4.78, 5) is 0. The first-order valence-electron chi connectivity index (χ1n) is 7.75. The van der Waals surface area contributed by atoms with E-state index in [1.807, 2.05) is 12.1 Å². The molecule has 22 heavy (non-hydrogen) atoms. The maximum absolute atomic E-state index is 9.05. The summed E-state index contributed by atoms with van der Waals surface area (Å²) >= 11 is 0. The second-order valence-corrected chi connectivity index (χ2v) is 6.24. The lowest BCUT2D eigenvalue weighted by molar-refractivity contribution is 1.03. The van der Waals surface area contributed by atoms with Crippen molar-refractivity contribution in [1.29, 1.82) is 5.26 Å². The summed E-state index contributed by atoms with van der Waals surface area (Å²) in [5, 5.41) is 11.5. The van der Waals surface area contributed by atoms with Crippen molar-refractivity contribution in [3.63, 3.8) is 0 Å². The van der Waals surface area contributed by atoms with Gasteiger partial charge in [0, 0.05) is 0 Å². The van der Waals surface area contributed by atoms with Crippen LogP contribution in [-0.2, 0) is 0 Å². The molecule has 0 spiro atoms. The Bertz CT molecular complexity index is 887. The average Bonchev–Trinajstić information content (AvgIpc) is 3.36. The van der Waals surface area contributed by atoms with Gasteiger partial charge in [0.05, 0.1) is 11.6 Å². The smallest absolute Gasteiger partial charge is 0.0991 e. The molecule has 2 unspecified atom stereocenters. The molecular formula is C21H17N. The molecule has 4 rings (SSSR count). The van der Waals surface area contributed by atoms with Gasteiger partial charge in [-0.3, -0.25) is 0 Å². The van der Waals surface area contributed by atoms with Crippen LogP contribution in [0.25, 0.3) is 10.8 Å². The third-order valence-corrected chi connectivity index (χ3v) is 4.76. The molecule has 0 aliphatic heterocycles. The molecule has 1 aliphatic rings. The maximum atomic E-state index is 9.05. The number of aryl methyl sites for hydroxylation is 1. The Hall–Kier alpha value is -2.59. The van der Waals surface area contributed by atoms with E-state index >= 15 is 0 Å². The van der Waals surface area contributed by atoms with Crippen LogP contribution in [0.4, 0.5) is 0 Å². The molecule has 1 aliphatic carbocycles. The number of benzene rings is 3. The molecule has 1 saturated carbocycles. The van der Waals surface area contributed by atoms with E-state index in [1.54, 1.807) is 0 Å². The van der Waals surface area contributed by atoms with Crippen LogP contribution in [0, 0.1) is 18.3 Å². The summed E-state index contributed by atoms with van der Waals surface area (Å²) in [5.41, 5.74) is 4.88. The Morgan fingerprint density at radius 3 is 2.45 bits per heavy atom.